The van der Waals surface area contributed by atoms with Crippen LogP contribution < -0.4 is 11.1 Å². The average Bonchev–Trinajstić information content (AvgIpc) is 2.75. The molecule has 0 aliphatic heterocycles. The summed E-state index contributed by atoms with van der Waals surface area (Å²) in [7, 11) is 0. The van der Waals surface area contributed by atoms with E-state index in [2.05, 4.69) is 20.5 Å². The summed E-state index contributed by atoms with van der Waals surface area (Å²) in [6, 6.07) is 7.40. The highest BCUT2D eigenvalue weighted by Gasteiger charge is 2.16. The highest BCUT2D eigenvalue weighted by Crippen LogP contribution is 2.14. The first-order chi connectivity index (χ1) is 9.82. The number of nitrogens with zero attached hydrogens (tertiary/aromatic N) is 2. The fourth-order valence-corrected chi connectivity index (χ4v) is 1.71. The van der Waals surface area contributed by atoms with Gasteiger partial charge in [-0.1, -0.05) is 12.1 Å². The quantitative estimate of drug-likeness (QED) is 0.804. The second kappa shape index (κ2) is 5.82. The number of hydrogen-bond acceptors (Lipinski definition) is 5. The number of benzene rings is 1. The van der Waals surface area contributed by atoms with Crippen molar-refractivity contribution in [3.05, 3.63) is 35.7 Å². The van der Waals surface area contributed by atoms with Crippen LogP contribution in [0.25, 0.3) is 0 Å². The topological polar surface area (TPSA) is 106 Å². The van der Waals surface area contributed by atoms with Crippen molar-refractivity contribution in [3.8, 4) is 0 Å². The molecule has 0 atom stereocenters. The molecule has 21 heavy (non-hydrogen) atoms. The van der Waals surface area contributed by atoms with E-state index in [1.165, 1.54) is 0 Å². The van der Waals surface area contributed by atoms with Gasteiger partial charge < -0.3 is 10.5 Å². The van der Waals surface area contributed by atoms with Crippen molar-refractivity contribution in [1.29, 1.82) is 0 Å². The van der Waals surface area contributed by atoms with Gasteiger partial charge in [0.2, 0.25) is 5.95 Å². The third kappa shape index (κ3) is 4.79. The molecule has 0 bridgehead atoms. The van der Waals surface area contributed by atoms with Gasteiger partial charge in [-0.3, -0.25) is 10.4 Å². The molecule has 7 heteroatoms. The molecular formula is C14H19N5O2. The smallest absolute Gasteiger partial charge is 0.412 e. The molecule has 0 aliphatic rings. The summed E-state index contributed by atoms with van der Waals surface area (Å²) in [4.78, 5) is 15.7. The molecule has 1 amide bonds. The number of aromatic amines is 1. The van der Waals surface area contributed by atoms with Crippen LogP contribution in [0.15, 0.2) is 24.3 Å². The summed E-state index contributed by atoms with van der Waals surface area (Å²) in [5, 5.41) is 9.20. The second-order valence-electron chi connectivity index (χ2n) is 5.64. The van der Waals surface area contributed by atoms with E-state index in [0.717, 1.165) is 5.56 Å². The molecule has 2 rings (SSSR count). The maximum Gasteiger partial charge on any atom is 0.412 e. The Morgan fingerprint density at radius 2 is 2.00 bits per heavy atom. The van der Waals surface area contributed by atoms with Gasteiger partial charge >= 0.3 is 6.09 Å². The fourth-order valence-electron chi connectivity index (χ4n) is 1.71. The van der Waals surface area contributed by atoms with E-state index in [1.54, 1.807) is 12.1 Å². The minimum Gasteiger partial charge on any atom is -0.444 e. The van der Waals surface area contributed by atoms with Crippen molar-refractivity contribution in [3.63, 3.8) is 0 Å². The number of H-pyrrole nitrogens is 1. The first-order valence-electron chi connectivity index (χ1n) is 6.57. The maximum absolute atomic E-state index is 11.6. The number of amides is 1. The Morgan fingerprint density at radius 3 is 2.52 bits per heavy atom. The summed E-state index contributed by atoms with van der Waals surface area (Å²) in [6.07, 6.45) is 0.120. The third-order valence-electron chi connectivity index (χ3n) is 2.52. The van der Waals surface area contributed by atoms with Crippen molar-refractivity contribution in [2.45, 2.75) is 32.8 Å². The van der Waals surface area contributed by atoms with Gasteiger partial charge in [-0.15, -0.1) is 5.10 Å². The lowest BCUT2D eigenvalue weighted by molar-refractivity contribution is 0.0636. The first kappa shape index (κ1) is 14.8. The molecule has 0 radical (unpaired) electrons. The molecule has 0 spiro atoms. The number of carbonyl (C=O) groups excluding carboxylic acids is 1. The van der Waals surface area contributed by atoms with E-state index in [1.807, 2.05) is 32.9 Å². The normalized spacial score (nSPS) is 11.2. The number of rotatable bonds is 3. The molecular weight excluding hydrogens is 270 g/mol. The monoisotopic (exact) mass is 289 g/mol. The lowest BCUT2D eigenvalue weighted by Crippen LogP contribution is -2.27. The predicted octanol–water partition coefficient (Wildman–Crippen LogP) is 2.32. The Balaban J connectivity index is 1.94. The molecule has 2 aromatic rings. The zero-order chi connectivity index (χ0) is 15.5. The van der Waals surface area contributed by atoms with Crippen molar-refractivity contribution in [1.82, 2.24) is 15.2 Å². The average molecular weight is 289 g/mol. The first-order valence-corrected chi connectivity index (χ1v) is 6.57. The molecule has 7 nitrogen and oxygen atoms in total. The predicted molar refractivity (Wildman–Crippen MR) is 79.9 cm³/mol. The molecule has 112 valence electrons. The molecule has 0 fully saturated rings. The van der Waals surface area contributed by atoms with Gasteiger partial charge in [-0.05, 0) is 38.5 Å². The van der Waals surface area contributed by atoms with Gasteiger partial charge in [0.25, 0.3) is 0 Å². The van der Waals surface area contributed by atoms with Crippen LogP contribution in [0.5, 0.6) is 0 Å². The van der Waals surface area contributed by atoms with E-state index in [-0.39, 0.29) is 5.95 Å². The van der Waals surface area contributed by atoms with Crippen LogP contribution in [0.4, 0.5) is 16.4 Å². The number of nitrogen functional groups attached to an aromatic ring is 1. The molecule has 1 aromatic carbocycles. The van der Waals surface area contributed by atoms with Gasteiger partial charge in [0.05, 0.1) is 0 Å². The summed E-state index contributed by atoms with van der Waals surface area (Å²) in [5.74, 6) is 0.925. The minimum absolute atomic E-state index is 0.230. The number of aromatic nitrogens is 3. The maximum atomic E-state index is 11.6. The van der Waals surface area contributed by atoms with E-state index < -0.39 is 11.7 Å². The van der Waals surface area contributed by atoms with Crippen molar-refractivity contribution in [2.24, 2.45) is 0 Å². The number of nitrogens with two attached hydrogens (primary N) is 1. The van der Waals surface area contributed by atoms with Crippen LogP contribution in [0.3, 0.4) is 0 Å². The van der Waals surface area contributed by atoms with Gasteiger partial charge in [0.15, 0.2) is 0 Å². The largest absolute Gasteiger partial charge is 0.444 e. The summed E-state index contributed by atoms with van der Waals surface area (Å²) < 4.78 is 5.18. The van der Waals surface area contributed by atoms with Crippen LogP contribution in [-0.2, 0) is 11.2 Å². The molecule has 1 heterocycles. The summed E-state index contributed by atoms with van der Waals surface area (Å²) in [5.41, 5.74) is 6.63. The van der Waals surface area contributed by atoms with E-state index in [9.17, 15) is 4.79 Å². The molecule has 1 aromatic heterocycles. The zero-order valence-electron chi connectivity index (χ0n) is 12.3. The van der Waals surface area contributed by atoms with Crippen molar-refractivity contribution < 1.29 is 9.53 Å². The third-order valence-corrected chi connectivity index (χ3v) is 2.52. The fraction of sp³-hybridized carbons (Fsp3) is 0.357. The zero-order valence-corrected chi connectivity index (χ0v) is 12.3. The van der Waals surface area contributed by atoms with Crippen LogP contribution in [0.2, 0.25) is 0 Å². The molecule has 0 unspecified atom stereocenters. The molecule has 4 N–H and O–H groups in total. The lowest BCUT2D eigenvalue weighted by Gasteiger charge is -2.19. The number of anilines is 2. The van der Waals surface area contributed by atoms with Crippen LogP contribution in [-0.4, -0.2) is 26.9 Å². The summed E-state index contributed by atoms with van der Waals surface area (Å²) >= 11 is 0. The van der Waals surface area contributed by atoms with E-state index in [0.29, 0.717) is 17.9 Å². The lowest BCUT2D eigenvalue weighted by atomic mass is 10.1. The van der Waals surface area contributed by atoms with Crippen LogP contribution in [0, 0.1) is 0 Å². The Labute approximate surface area is 122 Å². The number of carbonyl (C=O) groups is 1. The van der Waals surface area contributed by atoms with Crippen LogP contribution >= 0.6 is 0 Å². The summed E-state index contributed by atoms with van der Waals surface area (Å²) in [6.45, 7) is 5.45. The van der Waals surface area contributed by atoms with Crippen molar-refractivity contribution in [2.75, 3.05) is 11.1 Å². The highest BCUT2D eigenvalue weighted by molar-refractivity contribution is 5.84. The Hall–Kier alpha value is -2.57. The van der Waals surface area contributed by atoms with E-state index in [4.69, 9.17) is 10.5 Å². The highest BCUT2D eigenvalue weighted by atomic mass is 16.6. The SMILES string of the molecule is CC(C)(C)OC(=O)Nc1ccc(Cc2nc(N)n[nH]2)cc1. The van der Waals surface area contributed by atoms with Gasteiger partial charge in [0.1, 0.15) is 11.4 Å². The Bertz CT molecular complexity index is 613. The van der Waals surface area contributed by atoms with E-state index >= 15 is 0 Å². The minimum atomic E-state index is -0.518. The Morgan fingerprint density at radius 1 is 1.33 bits per heavy atom. The molecule has 0 saturated heterocycles. The number of ether oxygens (including phenoxy) is 1. The number of nitrogens with one attached hydrogen (secondary N) is 2. The standard InChI is InChI=1S/C14H19N5O2/c1-14(2,3)21-13(20)16-10-6-4-9(5-7-10)8-11-17-12(15)19-18-11/h4-7H,8H2,1-3H3,(H,16,20)(H3,15,17,18,19). The second-order valence-corrected chi connectivity index (χ2v) is 5.64. The van der Waals surface area contributed by atoms with Gasteiger partial charge in [-0.2, -0.15) is 4.98 Å². The molecule has 0 saturated carbocycles. The van der Waals surface area contributed by atoms with Crippen LogP contribution in [0.1, 0.15) is 32.2 Å². The Kier molecular flexibility index (Phi) is 4.11. The number of hydrogen-bond donors (Lipinski definition) is 3. The van der Waals surface area contributed by atoms with Crippen molar-refractivity contribution >= 4 is 17.7 Å². The van der Waals surface area contributed by atoms with Gasteiger partial charge in [-0.25, -0.2) is 4.79 Å². The van der Waals surface area contributed by atoms with Gasteiger partial charge in [0, 0.05) is 12.1 Å². The molecule has 0 aliphatic carbocycles.